The zero-order valence-electron chi connectivity index (χ0n) is 15.3. The van der Waals surface area contributed by atoms with Gasteiger partial charge in [0, 0.05) is 6.42 Å². The molecule has 2 saturated carbocycles. The smallest absolute Gasteiger partial charge is 0.329 e. The second-order valence-corrected chi connectivity index (χ2v) is 7.79. The minimum Gasteiger partial charge on any atom is -0.480 e. The van der Waals surface area contributed by atoms with E-state index in [0.717, 1.165) is 38.5 Å². The molecule has 0 bridgehead atoms. The lowest BCUT2D eigenvalue weighted by atomic mass is 9.87. The predicted octanol–water partition coefficient (Wildman–Crippen LogP) is 2.76. The summed E-state index contributed by atoms with van der Waals surface area (Å²) >= 11 is 0. The molecule has 1 atom stereocenters. The second-order valence-electron chi connectivity index (χ2n) is 7.79. The number of carboxylic acid groups (broad SMARTS) is 1. The molecule has 2 aliphatic rings. The van der Waals surface area contributed by atoms with Gasteiger partial charge in [0.25, 0.3) is 0 Å². The fourth-order valence-corrected chi connectivity index (χ4v) is 4.09. The number of nitrogens with one attached hydrogen (secondary N) is 2. The molecule has 1 unspecified atom stereocenters. The molecular weight excluding hydrogens is 320 g/mol. The first-order valence-electron chi connectivity index (χ1n) is 9.78. The molecule has 0 heterocycles. The number of hydrogen-bond donors (Lipinski definition) is 3. The maximum Gasteiger partial charge on any atom is 0.329 e. The Hall–Kier alpha value is -1.59. The van der Waals surface area contributed by atoms with Crippen LogP contribution in [0.4, 0.5) is 0 Å². The van der Waals surface area contributed by atoms with E-state index in [0.29, 0.717) is 25.2 Å². The van der Waals surface area contributed by atoms with Gasteiger partial charge >= 0.3 is 5.97 Å². The van der Waals surface area contributed by atoms with Crippen LogP contribution in [0.3, 0.4) is 0 Å². The van der Waals surface area contributed by atoms with Crippen molar-refractivity contribution in [3.63, 3.8) is 0 Å². The van der Waals surface area contributed by atoms with Gasteiger partial charge in [-0.3, -0.25) is 9.59 Å². The largest absolute Gasteiger partial charge is 0.480 e. The fraction of sp³-hybridized carbons (Fsp3) is 0.842. The molecule has 2 aliphatic carbocycles. The molecule has 0 radical (unpaired) electrons. The number of carbonyl (C=O) groups excluding carboxylic acids is 2. The maximum atomic E-state index is 12.5. The van der Waals surface area contributed by atoms with Crippen molar-refractivity contribution in [3.05, 3.63) is 0 Å². The molecule has 0 aromatic heterocycles. The molecule has 2 rings (SSSR count). The van der Waals surface area contributed by atoms with Crippen LogP contribution >= 0.6 is 0 Å². The Balaban J connectivity index is 1.87. The Kier molecular flexibility index (Phi) is 7.26. The number of hydrogen-bond acceptors (Lipinski definition) is 3. The van der Waals surface area contributed by atoms with Crippen LogP contribution in [0.15, 0.2) is 0 Å². The Morgan fingerprint density at radius 1 is 1.00 bits per heavy atom. The summed E-state index contributed by atoms with van der Waals surface area (Å²) in [4.78, 5) is 36.4. The highest BCUT2D eigenvalue weighted by atomic mass is 16.4. The average molecular weight is 352 g/mol. The van der Waals surface area contributed by atoms with Crippen molar-refractivity contribution in [2.45, 2.75) is 95.6 Å². The van der Waals surface area contributed by atoms with Gasteiger partial charge in [-0.1, -0.05) is 44.9 Å². The molecule has 6 heteroatoms. The zero-order valence-corrected chi connectivity index (χ0v) is 15.3. The third-order valence-electron chi connectivity index (χ3n) is 5.70. The highest BCUT2D eigenvalue weighted by molar-refractivity contribution is 5.91. The van der Waals surface area contributed by atoms with Crippen LogP contribution in [0.1, 0.15) is 84.0 Å². The Morgan fingerprint density at radius 3 is 2.12 bits per heavy atom. The fourth-order valence-electron chi connectivity index (χ4n) is 4.09. The topological polar surface area (TPSA) is 95.5 Å². The average Bonchev–Trinajstić information content (AvgIpc) is 2.82. The highest BCUT2D eigenvalue weighted by Gasteiger charge is 2.40. The van der Waals surface area contributed by atoms with E-state index in [-0.39, 0.29) is 5.91 Å². The second kappa shape index (κ2) is 9.20. The molecule has 0 aliphatic heterocycles. The normalized spacial score (nSPS) is 22.4. The van der Waals surface area contributed by atoms with Gasteiger partial charge < -0.3 is 15.7 Å². The van der Waals surface area contributed by atoms with Crippen molar-refractivity contribution < 1.29 is 19.5 Å². The third kappa shape index (κ3) is 5.72. The van der Waals surface area contributed by atoms with E-state index in [4.69, 9.17) is 0 Å². The van der Waals surface area contributed by atoms with E-state index in [1.807, 2.05) is 0 Å². The first kappa shape index (κ1) is 19.7. The minimum absolute atomic E-state index is 0.111. The van der Waals surface area contributed by atoms with Crippen LogP contribution in [0.25, 0.3) is 0 Å². The van der Waals surface area contributed by atoms with E-state index >= 15 is 0 Å². The summed E-state index contributed by atoms with van der Waals surface area (Å²) < 4.78 is 0. The van der Waals surface area contributed by atoms with Gasteiger partial charge in [0.05, 0.1) is 0 Å². The van der Waals surface area contributed by atoms with Crippen LogP contribution < -0.4 is 10.6 Å². The number of carbonyl (C=O) groups is 3. The number of aliphatic carboxylic acids is 1. The maximum absolute atomic E-state index is 12.5. The number of carboxylic acids is 1. The molecule has 3 N–H and O–H groups in total. The quantitative estimate of drug-likeness (QED) is 0.641. The van der Waals surface area contributed by atoms with Crippen LogP contribution in [0, 0.1) is 5.92 Å². The Labute approximate surface area is 150 Å². The van der Waals surface area contributed by atoms with E-state index in [2.05, 4.69) is 10.6 Å². The van der Waals surface area contributed by atoms with Crippen LogP contribution in [0.2, 0.25) is 0 Å². The molecule has 0 spiro atoms. The Bertz CT molecular complexity index is 478. The minimum atomic E-state index is -1.18. The van der Waals surface area contributed by atoms with E-state index in [1.165, 1.54) is 19.3 Å². The summed E-state index contributed by atoms with van der Waals surface area (Å²) in [7, 11) is 0. The van der Waals surface area contributed by atoms with Gasteiger partial charge in [-0.2, -0.15) is 0 Å². The summed E-state index contributed by atoms with van der Waals surface area (Å²) in [5, 5.41) is 15.1. The van der Waals surface area contributed by atoms with Gasteiger partial charge in [-0.15, -0.1) is 0 Å². The lowest BCUT2D eigenvalue weighted by Crippen LogP contribution is -2.58. The first-order chi connectivity index (χ1) is 11.9. The van der Waals surface area contributed by atoms with Crippen molar-refractivity contribution in [1.82, 2.24) is 10.6 Å². The lowest BCUT2D eigenvalue weighted by Gasteiger charge is -2.31. The van der Waals surface area contributed by atoms with Gasteiger partial charge in [-0.05, 0) is 38.5 Å². The number of amides is 2. The summed E-state index contributed by atoms with van der Waals surface area (Å²) in [6.07, 6.45) is 10.7. The van der Waals surface area contributed by atoms with Crippen molar-refractivity contribution in [2.24, 2.45) is 5.92 Å². The molecule has 0 aromatic carbocycles. The van der Waals surface area contributed by atoms with Crippen LogP contribution in [-0.2, 0) is 14.4 Å². The van der Waals surface area contributed by atoms with E-state index < -0.39 is 23.5 Å². The first-order valence-corrected chi connectivity index (χ1v) is 9.78. The lowest BCUT2D eigenvalue weighted by molar-refractivity contribution is -0.148. The molecule has 2 fully saturated rings. The van der Waals surface area contributed by atoms with Crippen molar-refractivity contribution >= 4 is 17.8 Å². The summed E-state index contributed by atoms with van der Waals surface area (Å²) in [5.74, 6) is -1.07. The van der Waals surface area contributed by atoms with Crippen molar-refractivity contribution in [2.75, 3.05) is 0 Å². The molecule has 6 nitrogen and oxygen atoms in total. The van der Waals surface area contributed by atoms with E-state index in [9.17, 15) is 19.5 Å². The molecular formula is C19H32N2O4. The summed E-state index contributed by atoms with van der Waals surface area (Å²) in [6, 6.07) is -0.712. The summed E-state index contributed by atoms with van der Waals surface area (Å²) in [6.45, 7) is 1.63. The molecule has 0 aromatic rings. The zero-order chi connectivity index (χ0) is 18.3. The Morgan fingerprint density at radius 2 is 1.56 bits per heavy atom. The van der Waals surface area contributed by atoms with Crippen molar-refractivity contribution in [3.8, 4) is 0 Å². The van der Waals surface area contributed by atoms with Gasteiger partial charge in [0.15, 0.2) is 0 Å². The predicted molar refractivity (Wildman–Crippen MR) is 95.0 cm³/mol. The van der Waals surface area contributed by atoms with E-state index in [1.54, 1.807) is 6.92 Å². The van der Waals surface area contributed by atoms with Crippen LogP contribution in [0.5, 0.6) is 0 Å². The highest BCUT2D eigenvalue weighted by Crippen LogP contribution is 2.28. The van der Waals surface area contributed by atoms with Crippen molar-refractivity contribution in [1.29, 1.82) is 0 Å². The molecule has 0 saturated heterocycles. The van der Waals surface area contributed by atoms with Crippen LogP contribution in [-0.4, -0.2) is 34.5 Å². The summed E-state index contributed by atoms with van der Waals surface area (Å²) in [5.41, 5.74) is -1.18. The SMILES string of the molecule is CC(NC(=O)CC1CCCCC1)C(=O)NC1(C(=O)O)CCCCCC1. The molecule has 25 heavy (non-hydrogen) atoms. The monoisotopic (exact) mass is 352 g/mol. The molecule has 142 valence electrons. The van der Waals surface area contributed by atoms with Gasteiger partial charge in [0.1, 0.15) is 11.6 Å². The van der Waals surface area contributed by atoms with Gasteiger partial charge in [-0.25, -0.2) is 4.79 Å². The molecule has 2 amide bonds. The number of rotatable bonds is 6. The van der Waals surface area contributed by atoms with Gasteiger partial charge in [0.2, 0.25) is 11.8 Å². The standard InChI is InChI=1S/C19H32N2O4/c1-14(20-16(22)13-15-9-5-4-6-10-15)17(23)21-19(18(24)25)11-7-2-3-8-12-19/h14-15H,2-13H2,1H3,(H,20,22)(H,21,23)(H,24,25). The third-order valence-corrected chi connectivity index (χ3v) is 5.70.